The van der Waals surface area contributed by atoms with Crippen LogP contribution in [0.5, 0.6) is 0 Å². The molecule has 0 saturated heterocycles. The maximum atomic E-state index is 11.0. The van der Waals surface area contributed by atoms with Gasteiger partial charge in [-0.15, -0.1) is 0 Å². The summed E-state index contributed by atoms with van der Waals surface area (Å²) in [4.78, 5) is 11.0. The van der Waals surface area contributed by atoms with Crippen molar-refractivity contribution in [1.29, 1.82) is 0 Å². The van der Waals surface area contributed by atoms with E-state index < -0.39 is 5.97 Å². The van der Waals surface area contributed by atoms with Crippen LogP contribution in [0.1, 0.15) is 25.7 Å². The minimum atomic E-state index is -0.623. The van der Waals surface area contributed by atoms with Crippen molar-refractivity contribution in [3.05, 3.63) is 0 Å². The molecular formula is C10H20BNO2. The summed E-state index contributed by atoms with van der Waals surface area (Å²) < 4.78 is 0. The van der Waals surface area contributed by atoms with Gasteiger partial charge in [-0.1, -0.05) is 19.2 Å². The molecule has 0 unspecified atom stereocenters. The van der Waals surface area contributed by atoms with E-state index >= 15 is 0 Å². The number of rotatable bonds is 5. The molecule has 0 aliphatic heterocycles. The lowest BCUT2D eigenvalue weighted by Gasteiger charge is -2.14. The van der Waals surface area contributed by atoms with Crippen LogP contribution < -0.4 is 5.73 Å². The smallest absolute Gasteiger partial charge is 0.306 e. The standard InChI is InChI=1S/C10H20BNO2/c11-3-1-2-8-4-7(6-12)5-9(8)10(13)14/h7-9H,1-6,11-12H2,(H,13,14)/t7-,8-,9+/m0/s1. The second kappa shape index (κ2) is 5.39. The van der Waals surface area contributed by atoms with E-state index in [0.29, 0.717) is 18.4 Å². The van der Waals surface area contributed by atoms with Gasteiger partial charge < -0.3 is 10.8 Å². The molecule has 0 amide bonds. The maximum absolute atomic E-state index is 11.0. The molecule has 80 valence electrons. The van der Waals surface area contributed by atoms with E-state index in [4.69, 9.17) is 10.8 Å². The van der Waals surface area contributed by atoms with Gasteiger partial charge in [0.05, 0.1) is 5.92 Å². The van der Waals surface area contributed by atoms with Crippen LogP contribution in [0.3, 0.4) is 0 Å². The number of hydrogen-bond acceptors (Lipinski definition) is 2. The van der Waals surface area contributed by atoms with Crippen LogP contribution in [0.25, 0.3) is 0 Å². The Kier molecular flexibility index (Phi) is 4.46. The molecule has 1 fully saturated rings. The van der Waals surface area contributed by atoms with Gasteiger partial charge in [0.1, 0.15) is 7.85 Å². The zero-order chi connectivity index (χ0) is 10.6. The van der Waals surface area contributed by atoms with Gasteiger partial charge in [0.25, 0.3) is 0 Å². The van der Waals surface area contributed by atoms with Crippen LogP contribution in [0.4, 0.5) is 0 Å². The van der Waals surface area contributed by atoms with Crippen LogP contribution in [-0.2, 0) is 4.79 Å². The molecule has 0 spiro atoms. The molecule has 3 atom stereocenters. The SMILES string of the molecule is BCCC[C@H]1C[C@H](CN)C[C@H]1C(=O)O. The third kappa shape index (κ3) is 2.74. The van der Waals surface area contributed by atoms with E-state index in [0.717, 1.165) is 32.0 Å². The first-order valence-electron chi connectivity index (χ1n) is 5.61. The molecule has 0 bridgehead atoms. The van der Waals surface area contributed by atoms with Gasteiger partial charge in [-0.2, -0.15) is 0 Å². The highest BCUT2D eigenvalue weighted by Crippen LogP contribution is 2.38. The lowest BCUT2D eigenvalue weighted by atomic mass is 9.88. The summed E-state index contributed by atoms with van der Waals surface area (Å²) in [5, 5.41) is 9.06. The maximum Gasteiger partial charge on any atom is 0.306 e. The minimum absolute atomic E-state index is 0.130. The molecule has 1 aliphatic rings. The largest absolute Gasteiger partial charge is 0.481 e. The van der Waals surface area contributed by atoms with Crippen molar-refractivity contribution in [3.63, 3.8) is 0 Å². The molecule has 4 heteroatoms. The molecular weight excluding hydrogens is 177 g/mol. The Bertz CT molecular complexity index is 199. The summed E-state index contributed by atoms with van der Waals surface area (Å²) >= 11 is 0. The Morgan fingerprint density at radius 2 is 2.21 bits per heavy atom. The fourth-order valence-corrected chi connectivity index (χ4v) is 2.52. The first-order chi connectivity index (χ1) is 6.69. The summed E-state index contributed by atoms with van der Waals surface area (Å²) in [7, 11) is 2.14. The Labute approximate surface area is 86.5 Å². The van der Waals surface area contributed by atoms with Crippen molar-refractivity contribution in [2.45, 2.75) is 32.0 Å². The van der Waals surface area contributed by atoms with Gasteiger partial charge in [-0.3, -0.25) is 4.79 Å². The Hall–Kier alpha value is -0.505. The summed E-state index contributed by atoms with van der Waals surface area (Å²) in [5.41, 5.74) is 5.59. The molecule has 0 aromatic carbocycles. The quantitative estimate of drug-likeness (QED) is 0.631. The zero-order valence-corrected chi connectivity index (χ0v) is 8.91. The molecule has 3 N–H and O–H groups in total. The fourth-order valence-electron chi connectivity index (χ4n) is 2.52. The van der Waals surface area contributed by atoms with Gasteiger partial charge in [0, 0.05) is 0 Å². The topological polar surface area (TPSA) is 63.3 Å². The molecule has 0 aromatic heterocycles. The predicted octanol–water partition coefficient (Wildman–Crippen LogP) is 0.504. The Morgan fingerprint density at radius 3 is 2.71 bits per heavy atom. The first-order valence-corrected chi connectivity index (χ1v) is 5.61. The van der Waals surface area contributed by atoms with E-state index in [1.165, 1.54) is 0 Å². The van der Waals surface area contributed by atoms with Crippen LogP contribution in [-0.4, -0.2) is 25.5 Å². The normalized spacial score (nSPS) is 31.9. The molecule has 3 nitrogen and oxygen atoms in total. The van der Waals surface area contributed by atoms with Gasteiger partial charge in [0.15, 0.2) is 0 Å². The number of carboxylic acids is 1. The van der Waals surface area contributed by atoms with Crippen LogP contribution in [0.15, 0.2) is 0 Å². The third-order valence-electron chi connectivity index (χ3n) is 3.37. The number of hydrogen-bond donors (Lipinski definition) is 2. The van der Waals surface area contributed by atoms with E-state index in [2.05, 4.69) is 7.85 Å². The van der Waals surface area contributed by atoms with Crippen molar-refractivity contribution in [3.8, 4) is 0 Å². The van der Waals surface area contributed by atoms with Crippen molar-refractivity contribution in [1.82, 2.24) is 0 Å². The predicted molar refractivity (Wildman–Crippen MR) is 59.0 cm³/mol. The van der Waals surface area contributed by atoms with E-state index in [1.54, 1.807) is 0 Å². The zero-order valence-electron chi connectivity index (χ0n) is 8.91. The van der Waals surface area contributed by atoms with Crippen molar-refractivity contribution in [2.75, 3.05) is 6.54 Å². The molecule has 1 saturated carbocycles. The monoisotopic (exact) mass is 197 g/mol. The van der Waals surface area contributed by atoms with Crippen LogP contribution in [0, 0.1) is 17.8 Å². The molecule has 14 heavy (non-hydrogen) atoms. The molecule has 0 radical (unpaired) electrons. The molecule has 0 aromatic rings. The highest BCUT2D eigenvalue weighted by molar-refractivity contribution is 6.08. The second-order valence-corrected chi connectivity index (χ2v) is 4.42. The first kappa shape index (κ1) is 11.6. The highest BCUT2D eigenvalue weighted by Gasteiger charge is 2.37. The second-order valence-electron chi connectivity index (χ2n) is 4.42. The Morgan fingerprint density at radius 1 is 1.50 bits per heavy atom. The van der Waals surface area contributed by atoms with E-state index in [1.807, 2.05) is 0 Å². The van der Waals surface area contributed by atoms with Gasteiger partial charge >= 0.3 is 5.97 Å². The molecule has 0 heterocycles. The summed E-state index contributed by atoms with van der Waals surface area (Å²) in [5.74, 6) is 0.0658. The number of carbonyl (C=O) groups is 1. The average molecular weight is 197 g/mol. The van der Waals surface area contributed by atoms with E-state index in [-0.39, 0.29) is 5.92 Å². The van der Waals surface area contributed by atoms with Crippen molar-refractivity contribution < 1.29 is 9.90 Å². The van der Waals surface area contributed by atoms with Gasteiger partial charge in [-0.05, 0) is 31.2 Å². The van der Waals surface area contributed by atoms with Crippen molar-refractivity contribution in [2.24, 2.45) is 23.5 Å². The summed E-state index contributed by atoms with van der Waals surface area (Å²) in [6.45, 7) is 0.645. The molecule has 1 rings (SSSR count). The van der Waals surface area contributed by atoms with Crippen molar-refractivity contribution >= 4 is 13.8 Å². The number of aliphatic carboxylic acids is 1. The lowest BCUT2D eigenvalue weighted by Crippen LogP contribution is -2.18. The van der Waals surface area contributed by atoms with Crippen LogP contribution in [0.2, 0.25) is 6.32 Å². The third-order valence-corrected chi connectivity index (χ3v) is 3.37. The van der Waals surface area contributed by atoms with E-state index in [9.17, 15) is 4.79 Å². The summed E-state index contributed by atoms with van der Waals surface area (Å²) in [6.07, 6.45) is 5.17. The number of carboxylic acid groups (broad SMARTS) is 1. The summed E-state index contributed by atoms with van der Waals surface area (Å²) in [6, 6.07) is 0. The van der Waals surface area contributed by atoms with Crippen LogP contribution >= 0.6 is 0 Å². The van der Waals surface area contributed by atoms with Gasteiger partial charge in [-0.25, -0.2) is 0 Å². The molecule has 1 aliphatic carbocycles. The average Bonchev–Trinajstić information content (AvgIpc) is 2.58. The minimum Gasteiger partial charge on any atom is -0.481 e. The lowest BCUT2D eigenvalue weighted by molar-refractivity contribution is -0.143. The fraction of sp³-hybridized carbons (Fsp3) is 0.900. The highest BCUT2D eigenvalue weighted by atomic mass is 16.4. The Balaban J connectivity index is 2.48. The number of nitrogens with two attached hydrogens (primary N) is 1. The van der Waals surface area contributed by atoms with Gasteiger partial charge in [0.2, 0.25) is 0 Å².